The highest BCUT2D eigenvalue weighted by Crippen LogP contribution is 2.24. The van der Waals surface area contributed by atoms with Crippen LogP contribution >= 0.6 is 27.3 Å². The minimum Gasteiger partial charge on any atom is -0.342 e. The zero-order valence-electron chi connectivity index (χ0n) is 12.1. The number of hydrogen-bond donors (Lipinski definition) is 2. The second-order valence-electron chi connectivity index (χ2n) is 5.07. The van der Waals surface area contributed by atoms with Crippen LogP contribution in [0, 0.1) is 0 Å². The van der Waals surface area contributed by atoms with E-state index in [-0.39, 0.29) is 5.91 Å². The van der Waals surface area contributed by atoms with Gasteiger partial charge in [-0.1, -0.05) is 13.3 Å². The molecule has 0 aliphatic heterocycles. The van der Waals surface area contributed by atoms with Crippen molar-refractivity contribution in [2.24, 2.45) is 0 Å². The maximum Gasteiger partial charge on any atom is 0.266 e. The number of anilines is 1. The predicted molar refractivity (Wildman–Crippen MR) is 94.7 cm³/mol. The van der Waals surface area contributed by atoms with Crippen LogP contribution in [-0.4, -0.2) is 15.9 Å². The van der Waals surface area contributed by atoms with E-state index in [9.17, 15) is 4.79 Å². The number of imidazole rings is 1. The van der Waals surface area contributed by atoms with Crippen molar-refractivity contribution in [2.75, 3.05) is 5.32 Å². The van der Waals surface area contributed by atoms with E-state index in [1.165, 1.54) is 11.3 Å². The fourth-order valence-corrected chi connectivity index (χ4v) is 3.69. The number of hydrogen-bond acceptors (Lipinski definition) is 3. The van der Waals surface area contributed by atoms with Crippen molar-refractivity contribution in [1.82, 2.24) is 9.97 Å². The van der Waals surface area contributed by atoms with Gasteiger partial charge in [-0.2, -0.15) is 0 Å². The van der Waals surface area contributed by atoms with Crippen molar-refractivity contribution >= 4 is 49.9 Å². The molecule has 0 saturated carbocycles. The molecule has 114 valence electrons. The highest BCUT2D eigenvalue weighted by atomic mass is 79.9. The molecular weight excluding hydrogens is 362 g/mol. The first-order chi connectivity index (χ1) is 10.7. The molecule has 2 N–H and O–H groups in total. The smallest absolute Gasteiger partial charge is 0.266 e. The second-order valence-corrected chi connectivity index (χ2v) is 6.84. The maximum absolute atomic E-state index is 12.2. The number of rotatable bonds is 5. The van der Waals surface area contributed by atoms with Gasteiger partial charge in [0.15, 0.2) is 0 Å². The zero-order valence-corrected chi connectivity index (χ0v) is 14.6. The van der Waals surface area contributed by atoms with Gasteiger partial charge < -0.3 is 10.3 Å². The SMILES string of the molecule is CCCCc1nc2ccc(NC(=O)c3sccc3Br)cc2[nH]1. The number of aromatic amines is 1. The van der Waals surface area contributed by atoms with Crippen LogP contribution in [0.5, 0.6) is 0 Å². The van der Waals surface area contributed by atoms with Gasteiger partial charge in [0, 0.05) is 16.6 Å². The van der Waals surface area contributed by atoms with E-state index in [0.29, 0.717) is 4.88 Å². The Morgan fingerprint density at radius 2 is 2.27 bits per heavy atom. The molecule has 2 aromatic heterocycles. The average molecular weight is 378 g/mol. The van der Waals surface area contributed by atoms with Crippen molar-refractivity contribution < 1.29 is 4.79 Å². The number of carbonyl (C=O) groups excluding carboxylic acids is 1. The van der Waals surface area contributed by atoms with Gasteiger partial charge in [-0.15, -0.1) is 11.3 Å². The third-order valence-corrected chi connectivity index (χ3v) is 5.22. The highest BCUT2D eigenvalue weighted by Gasteiger charge is 2.12. The largest absolute Gasteiger partial charge is 0.342 e. The van der Waals surface area contributed by atoms with E-state index in [0.717, 1.165) is 46.3 Å². The minimum absolute atomic E-state index is 0.105. The third kappa shape index (κ3) is 3.23. The number of aromatic nitrogens is 2. The number of H-pyrrole nitrogens is 1. The molecule has 4 nitrogen and oxygen atoms in total. The van der Waals surface area contributed by atoms with E-state index in [2.05, 4.69) is 38.1 Å². The Morgan fingerprint density at radius 1 is 1.41 bits per heavy atom. The van der Waals surface area contributed by atoms with E-state index >= 15 is 0 Å². The molecule has 0 fully saturated rings. The summed E-state index contributed by atoms with van der Waals surface area (Å²) in [7, 11) is 0. The normalized spacial score (nSPS) is 11.0. The third-order valence-electron chi connectivity index (χ3n) is 3.38. The molecule has 0 aliphatic carbocycles. The Labute approximate surface area is 141 Å². The molecule has 3 rings (SSSR count). The maximum atomic E-state index is 12.2. The molecule has 0 unspecified atom stereocenters. The molecule has 0 radical (unpaired) electrons. The molecule has 6 heteroatoms. The fourth-order valence-electron chi connectivity index (χ4n) is 2.25. The van der Waals surface area contributed by atoms with Crippen LogP contribution < -0.4 is 5.32 Å². The minimum atomic E-state index is -0.105. The van der Waals surface area contributed by atoms with Gasteiger partial charge in [0.25, 0.3) is 5.91 Å². The Bertz CT molecular complexity index is 809. The summed E-state index contributed by atoms with van der Waals surface area (Å²) < 4.78 is 0.819. The number of nitrogens with zero attached hydrogens (tertiary/aromatic N) is 1. The Balaban J connectivity index is 1.79. The van der Waals surface area contributed by atoms with Crippen molar-refractivity contribution in [3.05, 3.63) is 44.8 Å². The number of amides is 1. The predicted octanol–water partition coefficient (Wildman–Crippen LogP) is 4.98. The standard InChI is InChI=1S/C16H16BrN3OS/c1-2-3-4-14-19-12-6-5-10(9-13(12)20-14)18-16(21)15-11(17)7-8-22-15/h5-9H,2-4H2,1H3,(H,18,21)(H,19,20). The lowest BCUT2D eigenvalue weighted by molar-refractivity contribution is 0.103. The average Bonchev–Trinajstić information content (AvgIpc) is 3.10. The summed E-state index contributed by atoms with van der Waals surface area (Å²) in [5.41, 5.74) is 2.65. The number of thiophene rings is 1. The van der Waals surface area contributed by atoms with Crippen LogP contribution in [-0.2, 0) is 6.42 Å². The van der Waals surface area contributed by atoms with Crippen LogP contribution in [0.1, 0.15) is 35.3 Å². The number of benzene rings is 1. The number of carbonyl (C=O) groups is 1. The molecule has 0 atom stereocenters. The molecule has 1 amide bonds. The summed E-state index contributed by atoms with van der Waals surface area (Å²) in [6.45, 7) is 2.17. The summed E-state index contributed by atoms with van der Waals surface area (Å²) in [5.74, 6) is 0.897. The molecule has 22 heavy (non-hydrogen) atoms. The summed E-state index contributed by atoms with van der Waals surface area (Å²) in [4.78, 5) is 20.8. The Hall–Kier alpha value is -1.66. The van der Waals surface area contributed by atoms with E-state index in [1.807, 2.05) is 29.6 Å². The lowest BCUT2D eigenvalue weighted by Gasteiger charge is -2.03. The van der Waals surface area contributed by atoms with Crippen molar-refractivity contribution in [1.29, 1.82) is 0 Å². The first-order valence-corrected chi connectivity index (χ1v) is 8.87. The van der Waals surface area contributed by atoms with Crippen LogP contribution in [0.15, 0.2) is 34.1 Å². The van der Waals surface area contributed by atoms with Crippen LogP contribution in [0.25, 0.3) is 11.0 Å². The van der Waals surface area contributed by atoms with Crippen LogP contribution in [0.2, 0.25) is 0 Å². The quantitative estimate of drug-likeness (QED) is 0.658. The molecule has 0 saturated heterocycles. The first kappa shape index (κ1) is 15.2. The van der Waals surface area contributed by atoms with Gasteiger partial charge in [-0.3, -0.25) is 4.79 Å². The van der Waals surface area contributed by atoms with Gasteiger partial charge in [-0.25, -0.2) is 4.98 Å². The monoisotopic (exact) mass is 377 g/mol. The van der Waals surface area contributed by atoms with Crippen LogP contribution in [0.4, 0.5) is 5.69 Å². The molecule has 0 bridgehead atoms. The van der Waals surface area contributed by atoms with Gasteiger partial charge in [0.05, 0.1) is 11.0 Å². The van der Waals surface area contributed by atoms with Crippen molar-refractivity contribution in [3.63, 3.8) is 0 Å². The topological polar surface area (TPSA) is 57.8 Å². The first-order valence-electron chi connectivity index (χ1n) is 7.20. The number of fused-ring (bicyclic) bond motifs is 1. The molecule has 3 aromatic rings. The number of halogens is 1. The summed E-state index contributed by atoms with van der Waals surface area (Å²) >= 11 is 4.80. The number of unbranched alkanes of at least 4 members (excludes halogenated alkanes) is 1. The van der Waals surface area contributed by atoms with Gasteiger partial charge in [0.1, 0.15) is 10.7 Å². The zero-order chi connectivity index (χ0) is 15.5. The lowest BCUT2D eigenvalue weighted by atomic mass is 10.2. The fraction of sp³-hybridized carbons (Fsp3) is 0.250. The highest BCUT2D eigenvalue weighted by molar-refractivity contribution is 9.10. The van der Waals surface area contributed by atoms with Crippen molar-refractivity contribution in [3.8, 4) is 0 Å². The second kappa shape index (κ2) is 6.62. The summed E-state index contributed by atoms with van der Waals surface area (Å²) in [5, 5.41) is 4.81. The molecular formula is C16H16BrN3OS. The Morgan fingerprint density at radius 3 is 3.00 bits per heavy atom. The molecule has 1 aromatic carbocycles. The summed E-state index contributed by atoms with van der Waals surface area (Å²) in [6, 6.07) is 7.61. The number of aryl methyl sites for hydroxylation is 1. The van der Waals surface area contributed by atoms with Gasteiger partial charge in [-0.05, 0) is 52.0 Å². The van der Waals surface area contributed by atoms with Gasteiger partial charge >= 0.3 is 0 Å². The van der Waals surface area contributed by atoms with E-state index in [4.69, 9.17) is 0 Å². The molecule has 0 spiro atoms. The van der Waals surface area contributed by atoms with Crippen molar-refractivity contribution in [2.45, 2.75) is 26.2 Å². The molecule has 2 heterocycles. The molecule has 0 aliphatic rings. The van der Waals surface area contributed by atoms with Crippen LogP contribution in [0.3, 0.4) is 0 Å². The Kier molecular flexibility index (Phi) is 4.59. The number of nitrogens with one attached hydrogen (secondary N) is 2. The van der Waals surface area contributed by atoms with Gasteiger partial charge in [0.2, 0.25) is 0 Å². The van der Waals surface area contributed by atoms with E-state index < -0.39 is 0 Å². The summed E-state index contributed by atoms with van der Waals surface area (Å²) in [6.07, 6.45) is 3.22. The van der Waals surface area contributed by atoms with E-state index in [1.54, 1.807) is 0 Å². The lowest BCUT2D eigenvalue weighted by Crippen LogP contribution is -2.10.